The van der Waals surface area contributed by atoms with Crippen LogP contribution in [0.2, 0.25) is 0 Å². The second-order valence-corrected chi connectivity index (χ2v) is 4.65. The van der Waals surface area contributed by atoms with Crippen LogP contribution >= 0.6 is 0 Å². The van der Waals surface area contributed by atoms with Crippen LogP contribution in [0.3, 0.4) is 0 Å². The van der Waals surface area contributed by atoms with Gasteiger partial charge in [0, 0.05) is 23.9 Å². The molecule has 110 valence electrons. The number of aliphatic carboxylic acids is 1. The lowest BCUT2D eigenvalue weighted by Gasteiger charge is -2.14. The zero-order valence-electron chi connectivity index (χ0n) is 11.3. The molecule has 0 radical (unpaired) electrons. The number of hydrogen-bond donors (Lipinski definition) is 4. The molecule has 1 aromatic heterocycles. The number of carboxylic acid groups (broad SMARTS) is 1. The molecule has 4 N–H and O–H groups in total. The van der Waals surface area contributed by atoms with E-state index in [1.165, 1.54) is 24.7 Å². The molecule has 0 saturated carbocycles. The van der Waals surface area contributed by atoms with Crippen LogP contribution in [0.15, 0.2) is 30.7 Å². The number of benzene rings is 1. The lowest BCUT2D eigenvalue weighted by Crippen LogP contribution is -2.42. The first-order valence-electron chi connectivity index (χ1n) is 6.28. The summed E-state index contributed by atoms with van der Waals surface area (Å²) in [7, 11) is 0. The molecule has 0 aliphatic heterocycles. The molecule has 1 heterocycles. The van der Waals surface area contributed by atoms with Crippen LogP contribution < -0.4 is 5.32 Å². The van der Waals surface area contributed by atoms with Crippen molar-refractivity contribution in [3.05, 3.63) is 47.5 Å². The maximum Gasteiger partial charge on any atom is 0.326 e. The highest BCUT2D eigenvalue weighted by Crippen LogP contribution is 2.17. The Labute approximate surface area is 120 Å². The van der Waals surface area contributed by atoms with Gasteiger partial charge in [-0.15, -0.1) is 0 Å². The Kier molecular flexibility index (Phi) is 4.22. The number of aromatic hydroxyl groups is 1. The van der Waals surface area contributed by atoms with E-state index in [1.54, 1.807) is 13.0 Å². The molecule has 0 spiro atoms. The molecule has 21 heavy (non-hydrogen) atoms. The number of carbonyl (C=O) groups is 2. The lowest BCUT2D eigenvalue weighted by atomic mass is 10.1. The molecule has 0 aliphatic rings. The molecule has 0 saturated heterocycles. The van der Waals surface area contributed by atoms with Gasteiger partial charge in [-0.2, -0.15) is 0 Å². The number of H-pyrrole nitrogens is 1. The van der Waals surface area contributed by atoms with Crippen LogP contribution in [0.1, 0.15) is 21.6 Å². The summed E-state index contributed by atoms with van der Waals surface area (Å²) in [6.45, 7) is 1.70. The van der Waals surface area contributed by atoms with Gasteiger partial charge in [0.25, 0.3) is 5.91 Å². The van der Waals surface area contributed by atoms with Crippen molar-refractivity contribution in [2.75, 3.05) is 0 Å². The summed E-state index contributed by atoms with van der Waals surface area (Å²) in [5.74, 6) is -1.71. The number of aromatic amines is 1. The Hall–Kier alpha value is -2.83. The van der Waals surface area contributed by atoms with Crippen molar-refractivity contribution in [1.82, 2.24) is 15.3 Å². The quantitative estimate of drug-likeness (QED) is 0.651. The number of nitrogens with zero attached hydrogens (tertiary/aromatic N) is 1. The van der Waals surface area contributed by atoms with Crippen molar-refractivity contribution >= 4 is 11.9 Å². The molecule has 1 atom stereocenters. The van der Waals surface area contributed by atoms with Gasteiger partial charge in [0.05, 0.1) is 6.33 Å². The summed E-state index contributed by atoms with van der Waals surface area (Å²) in [6.07, 6.45) is 3.03. The minimum absolute atomic E-state index is 0.0110. The maximum atomic E-state index is 12.0. The van der Waals surface area contributed by atoms with Crippen LogP contribution in [0, 0.1) is 6.92 Å². The zero-order valence-corrected chi connectivity index (χ0v) is 11.3. The van der Waals surface area contributed by atoms with E-state index in [0.717, 1.165) is 0 Å². The fourth-order valence-electron chi connectivity index (χ4n) is 1.81. The minimum atomic E-state index is -1.14. The maximum absolute atomic E-state index is 12.0. The van der Waals surface area contributed by atoms with Gasteiger partial charge in [-0.05, 0) is 24.6 Å². The fourth-order valence-corrected chi connectivity index (χ4v) is 1.81. The third-order valence-electron chi connectivity index (χ3n) is 3.05. The number of rotatable bonds is 5. The van der Waals surface area contributed by atoms with E-state index in [2.05, 4.69) is 15.3 Å². The number of carbonyl (C=O) groups excluding carboxylic acids is 1. The normalized spacial score (nSPS) is 11.9. The predicted molar refractivity (Wildman–Crippen MR) is 74.0 cm³/mol. The first-order chi connectivity index (χ1) is 9.97. The first-order valence-corrected chi connectivity index (χ1v) is 6.28. The molecule has 7 nitrogen and oxygen atoms in total. The van der Waals surface area contributed by atoms with Crippen molar-refractivity contribution in [3.8, 4) is 5.75 Å². The van der Waals surface area contributed by atoms with Crippen molar-refractivity contribution < 1.29 is 19.8 Å². The Bertz CT molecular complexity index is 652. The average molecular weight is 289 g/mol. The average Bonchev–Trinajstić information content (AvgIpc) is 2.93. The molecule has 0 aliphatic carbocycles. The van der Waals surface area contributed by atoms with E-state index in [9.17, 15) is 14.7 Å². The number of aromatic nitrogens is 2. The highest BCUT2D eigenvalue weighted by molar-refractivity contribution is 5.97. The summed E-state index contributed by atoms with van der Waals surface area (Å²) in [5.41, 5.74) is 1.45. The Balaban J connectivity index is 2.10. The number of aryl methyl sites for hydroxylation is 1. The Morgan fingerprint density at radius 1 is 1.43 bits per heavy atom. The number of nitrogens with one attached hydrogen (secondary N) is 2. The highest BCUT2D eigenvalue weighted by Gasteiger charge is 2.22. The van der Waals surface area contributed by atoms with E-state index < -0.39 is 17.9 Å². The molecule has 0 unspecified atom stereocenters. The largest absolute Gasteiger partial charge is 0.508 e. The lowest BCUT2D eigenvalue weighted by molar-refractivity contribution is -0.139. The molecular weight excluding hydrogens is 274 g/mol. The predicted octanol–water partition coefficient (Wildman–Crippen LogP) is 0.849. The van der Waals surface area contributed by atoms with Gasteiger partial charge in [-0.3, -0.25) is 4.79 Å². The molecular formula is C14H15N3O4. The van der Waals surface area contributed by atoms with Gasteiger partial charge in [-0.1, -0.05) is 6.07 Å². The van der Waals surface area contributed by atoms with E-state index in [4.69, 9.17) is 5.11 Å². The van der Waals surface area contributed by atoms with Crippen molar-refractivity contribution in [2.45, 2.75) is 19.4 Å². The minimum Gasteiger partial charge on any atom is -0.508 e. The number of carboxylic acids is 1. The molecule has 7 heteroatoms. The topological polar surface area (TPSA) is 115 Å². The van der Waals surface area contributed by atoms with Gasteiger partial charge >= 0.3 is 5.97 Å². The smallest absolute Gasteiger partial charge is 0.326 e. The van der Waals surface area contributed by atoms with Crippen molar-refractivity contribution in [1.29, 1.82) is 0 Å². The molecule has 1 amide bonds. The first kappa shape index (κ1) is 14.6. The van der Waals surface area contributed by atoms with E-state index in [0.29, 0.717) is 11.3 Å². The Morgan fingerprint density at radius 2 is 2.19 bits per heavy atom. The van der Waals surface area contributed by atoms with Crippen LogP contribution in [0.25, 0.3) is 0 Å². The molecule has 2 rings (SSSR count). The molecule has 0 fully saturated rings. The molecule has 2 aromatic rings. The van der Waals surface area contributed by atoms with Gasteiger partial charge < -0.3 is 20.5 Å². The van der Waals surface area contributed by atoms with Crippen LogP contribution in [0.4, 0.5) is 0 Å². The second kappa shape index (κ2) is 6.08. The SMILES string of the molecule is Cc1ccc(C(=O)N[C@@H](Cc2cnc[nH]2)C(=O)O)cc1O. The summed E-state index contributed by atoms with van der Waals surface area (Å²) >= 11 is 0. The van der Waals surface area contributed by atoms with E-state index in [1.807, 2.05) is 0 Å². The third kappa shape index (κ3) is 3.59. The van der Waals surface area contributed by atoms with E-state index in [-0.39, 0.29) is 17.7 Å². The van der Waals surface area contributed by atoms with Crippen molar-refractivity contribution in [2.24, 2.45) is 0 Å². The number of phenols is 1. The van der Waals surface area contributed by atoms with Crippen LogP contribution in [-0.4, -0.2) is 38.1 Å². The van der Waals surface area contributed by atoms with Gasteiger partial charge in [0.2, 0.25) is 0 Å². The summed E-state index contributed by atoms with van der Waals surface area (Å²) < 4.78 is 0. The van der Waals surface area contributed by atoms with E-state index >= 15 is 0 Å². The second-order valence-electron chi connectivity index (χ2n) is 4.65. The third-order valence-corrected chi connectivity index (χ3v) is 3.05. The standard InChI is InChI=1S/C14H15N3O4/c1-8-2-3-9(4-12(8)18)13(19)17-11(14(20)21)5-10-6-15-7-16-10/h2-4,6-7,11,18H,5H2,1H3,(H,15,16)(H,17,19)(H,20,21)/t11-/m0/s1. The van der Waals surface area contributed by atoms with Crippen LogP contribution in [0.5, 0.6) is 5.75 Å². The Morgan fingerprint density at radius 3 is 2.76 bits per heavy atom. The van der Waals surface area contributed by atoms with Crippen LogP contribution in [-0.2, 0) is 11.2 Å². The van der Waals surface area contributed by atoms with Gasteiger partial charge in [0.15, 0.2) is 0 Å². The number of amides is 1. The summed E-state index contributed by atoms with van der Waals surface area (Å²) in [4.78, 5) is 29.8. The molecule has 0 bridgehead atoms. The highest BCUT2D eigenvalue weighted by atomic mass is 16.4. The summed E-state index contributed by atoms with van der Waals surface area (Å²) in [5, 5.41) is 21.2. The molecule has 1 aromatic carbocycles. The van der Waals surface area contributed by atoms with Gasteiger partial charge in [-0.25, -0.2) is 9.78 Å². The van der Waals surface area contributed by atoms with Crippen molar-refractivity contribution in [3.63, 3.8) is 0 Å². The monoisotopic (exact) mass is 289 g/mol. The number of hydrogen-bond acceptors (Lipinski definition) is 4. The fraction of sp³-hybridized carbons (Fsp3) is 0.214. The summed E-state index contributed by atoms with van der Waals surface area (Å²) in [6, 6.07) is 3.34. The number of imidazole rings is 1. The van der Waals surface area contributed by atoms with Gasteiger partial charge in [0.1, 0.15) is 11.8 Å². The number of phenolic OH excluding ortho intramolecular Hbond substituents is 1. The zero-order chi connectivity index (χ0) is 15.4.